The molecule has 0 bridgehead atoms. The number of morpholine rings is 1. The molecule has 6 rings (SSSR count). The first-order chi connectivity index (χ1) is 18.5. The Morgan fingerprint density at radius 2 is 1.76 bits per heavy atom. The molecule has 0 radical (unpaired) electrons. The lowest BCUT2D eigenvalue weighted by Gasteiger charge is -2.29. The van der Waals surface area contributed by atoms with Gasteiger partial charge in [0.1, 0.15) is 6.26 Å². The van der Waals surface area contributed by atoms with Crippen molar-refractivity contribution in [2.75, 3.05) is 72.5 Å². The van der Waals surface area contributed by atoms with Crippen molar-refractivity contribution in [1.82, 2.24) is 20.3 Å². The van der Waals surface area contributed by atoms with Crippen LogP contribution >= 0.6 is 0 Å². The number of carbonyl (C=O) groups is 2. The molecule has 2 amide bonds. The van der Waals surface area contributed by atoms with E-state index in [1.165, 1.54) is 6.26 Å². The molecular formula is C24H30N8O6. The van der Waals surface area contributed by atoms with Crippen LogP contribution in [0.5, 0.6) is 0 Å². The minimum Gasteiger partial charge on any atom is -0.465 e. The van der Waals surface area contributed by atoms with Gasteiger partial charge in [-0.15, -0.1) is 0 Å². The maximum absolute atomic E-state index is 13.2. The highest BCUT2D eigenvalue weighted by atomic mass is 16.5. The zero-order valence-electron chi connectivity index (χ0n) is 20.9. The van der Waals surface area contributed by atoms with Gasteiger partial charge in [-0.2, -0.15) is 9.97 Å². The zero-order chi connectivity index (χ0) is 26.1. The topological polar surface area (TPSA) is 162 Å². The summed E-state index contributed by atoms with van der Waals surface area (Å²) in [5, 5.41) is 14.4. The van der Waals surface area contributed by atoms with Crippen LogP contribution in [0, 0.1) is 0 Å². The number of ether oxygens (including phenoxy) is 1. The smallest absolute Gasteiger partial charge is 0.404 e. The van der Waals surface area contributed by atoms with Crippen molar-refractivity contribution < 1.29 is 28.3 Å². The van der Waals surface area contributed by atoms with Crippen molar-refractivity contribution in [3.8, 4) is 0 Å². The van der Waals surface area contributed by atoms with Crippen LogP contribution in [-0.4, -0.2) is 90.6 Å². The lowest BCUT2D eigenvalue weighted by molar-refractivity contribution is 0.102. The molecule has 3 aromatic heterocycles. The minimum absolute atomic E-state index is 0.117. The van der Waals surface area contributed by atoms with E-state index in [1.807, 2.05) is 9.80 Å². The summed E-state index contributed by atoms with van der Waals surface area (Å²) in [6.07, 6.45) is 4.12. The van der Waals surface area contributed by atoms with E-state index in [9.17, 15) is 9.59 Å². The molecule has 38 heavy (non-hydrogen) atoms. The summed E-state index contributed by atoms with van der Waals surface area (Å²) in [7, 11) is 0. The Bertz CT molecular complexity index is 1310. The van der Waals surface area contributed by atoms with Crippen LogP contribution in [0.1, 0.15) is 36.2 Å². The number of nitrogens with one attached hydrogen (secondary N) is 2. The molecule has 3 N–H and O–H groups in total. The van der Waals surface area contributed by atoms with Gasteiger partial charge in [-0.3, -0.25) is 4.79 Å². The van der Waals surface area contributed by atoms with Crippen LogP contribution in [0.25, 0.3) is 11.2 Å². The minimum atomic E-state index is -1.07. The van der Waals surface area contributed by atoms with Gasteiger partial charge in [0.15, 0.2) is 17.1 Å². The van der Waals surface area contributed by atoms with E-state index in [0.29, 0.717) is 74.6 Å². The van der Waals surface area contributed by atoms with Crippen molar-refractivity contribution >= 4 is 46.8 Å². The molecule has 3 fully saturated rings. The summed E-state index contributed by atoms with van der Waals surface area (Å²) in [4.78, 5) is 43.9. The van der Waals surface area contributed by atoms with E-state index in [1.54, 1.807) is 6.07 Å². The number of anilines is 4. The van der Waals surface area contributed by atoms with E-state index < -0.39 is 12.0 Å². The Hall–Kier alpha value is -4.07. The summed E-state index contributed by atoms with van der Waals surface area (Å²) in [5.41, 5.74) is 1.61. The molecule has 3 saturated heterocycles. The quantitative estimate of drug-likeness (QED) is 0.430. The van der Waals surface area contributed by atoms with Gasteiger partial charge in [-0.25, -0.2) is 9.78 Å². The molecule has 3 aliphatic rings. The molecule has 0 unspecified atom stereocenters. The number of hydrogen-bond donors (Lipinski definition) is 3. The largest absolute Gasteiger partial charge is 0.465 e. The normalized spacial score (nSPS) is 20.2. The number of fused-ring (bicyclic) bond motifs is 1. The first kappa shape index (κ1) is 24.3. The van der Waals surface area contributed by atoms with Crippen LogP contribution < -0.4 is 25.3 Å². The van der Waals surface area contributed by atoms with Gasteiger partial charge in [-0.1, -0.05) is 0 Å². The number of oxazole rings is 2. The van der Waals surface area contributed by atoms with Crippen molar-refractivity contribution in [1.29, 1.82) is 0 Å². The molecular weight excluding hydrogens is 496 g/mol. The van der Waals surface area contributed by atoms with Gasteiger partial charge in [0.2, 0.25) is 5.65 Å². The highest BCUT2D eigenvalue weighted by Crippen LogP contribution is 2.33. The highest BCUT2D eigenvalue weighted by molar-refractivity contribution is 6.05. The second-order valence-corrected chi connectivity index (χ2v) is 9.68. The second-order valence-electron chi connectivity index (χ2n) is 9.68. The lowest BCUT2D eigenvalue weighted by atomic mass is 10.1. The van der Waals surface area contributed by atoms with Gasteiger partial charge in [-0.05, 0) is 25.7 Å². The van der Waals surface area contributed by atoms with E-state index in [4.69, 9.17) is 23.7 Å². The number of rotatable bonds is 6. The summed E-state index contributed by atoms with van der Waals surface area (Å²) < 4.78 is 17.0. The van der Waals surface area contributed by atoms with Crippen LogP contribution in [0.3, 0.4) is 0 Å². The fourth-order valence-electron chi connectivity index (χ4n) is 5.10. The molecule has 14 heteroatoms. The highest BCUT2D eigenvalue weighted by Gasteiger charge is 2.28. The molecule has 0 aliphatic carbocycles. The average molecular weight is 527 g/mol. The monoisotopic (exact) mass is 526 g/mol. The molecule has 3 aliphatic heterocycles. The third-order valence-electron chi connectivity index (χ3n) is 7.05. The fourth-order valence-corrected chi connectivity index (χ4v) is 5.10. The van der Waals surface area contributed by atoms with E-state index in [-0.39, 0.29) is 17.8 Å². The Morgan fingerprint density at radius 3 is 2.55 bits per heavy atom. The van der Waals surface area contributed by atoms with Gasteiger partial charge in [0.25, 0.3) is 17.9 Å². The van der Waals surface area contributed by atoms with Gasteiger partial charge in [0, 0.05) is 45.3 Å². The zero-order valence-corrected chi connectivity index (χ0v) is 20.9. The molecule has 1 atom stereocenters. The summed E-state index contributed by atoms with van der Waals surface area (Å²) >= 11 is 0. The van der Waals surface area contributed by atoms with Gasteiger partial charge < -0.3 is 44.0 Å². The molecule has 0 aromatic carbocycles. The molecule has 0 spiro atoms. The number of aromatic nitrogens is 3. The number of hydrogen-bond acceptors (Lipinski definition) is 11. The van der Waals surface area contributed by atoms with Crippen LogP contribution in [0.4, 0.5) is 28.3 Å². The Balaban J connectivity index is 1.23. The predicted octanol–water partition coefficient (Wildman–Crippen LogP) is 2.14. The standard InChI is InChI=1S/C24H30N8O6/c33-21(17-14-37-22(27-17)32-7-4-15(13-32)25-24(34)35)26-16-12-18-19(28-20(16)30-5-2-1-3-6-30)29-23(38-18)31-8-10-36-11-9-31/h12,14-15,25H,1-11,13H2,(H,26,33)(H,34,35)/t15-/m0/s1. The lowest BCUT2D eigenvalue weighted by Crippen LogP contribution is -2.36. The van der Waals surface area contributed by atoms with Gasteiger partial charge >= 0.3 is 6.09 Å². The first-order valence-corrected chi connectivity index (χ1v) is 12.9. The molecule has 6 heterocycles. The maximum atomic E-state index is 13.2. The van der Waals surface area contributed by atoms with Crippen LogP contribution in [0.2, 0.25) is 0 Å². The maximum Gasteiger partial charge on any atom is 0.404 e. The number of amides is 2. The molecule has 0 saturated carbocycles. The summed E-state index contributed by atoms with van der Waals surface area (Å²) in [5.74, 6) is 0.213. The Kier molecular flexibility index (Phi) is 6.62. The van der Waals surface area contributed by atoms with E-state index in [2.05, 4.69) is 25.5 Å². The molecule has 3 aromatic rings. The van der Waals surface area contributed by atoms with E-state index in [0.717, 1.165) is 32.4 Å². The van der Waals surface area contributed by atoms with Crippen molar-refractivity contribution in [3.05, 3.63) is 18.0 Å². The Labute approximate surface area is 217 Å². The molecule has 14 nitrogen and oxygen atoms in total. The van der Waals surface area contributed by atoms with Crippen LogP contribution in [0.15, 0.2) is 21.2 Å². The average Bonchev–Trinajstić information content (AvgIpc) is 3.68. The number of pyridine rings is 1. The van der Waals surface area contributed by atoms with E-state index >= 15 is 0 Å². The fraction of sp³-hybridized carbons (Fsp3) is 0.542. The first-order valence-electron chi connectivity index (χ1n) is 12.9. The molecule has 202 valence electrons. The predicted molar refractivity (Wildman–Crippen MR) is 137 cm³/mol. The third-order valence-corrected chi connectivity index (χ3v) is 7.05. The Morgan fingerprint density at radius 1 is 0.947 bits per heavy atom. The second kappa shape index (κ2) is 10.4. The summed E-state index contributed by atoms with van der Waals surface area (Å²) in [6, 6.07) is 2.32. The SMILES string of the molecule is O=C(O)N[C@H]1CCN(c2nc(C(=O)Nc3cc4oc(N5CCOCC5)nc4nc3N3CCCCC3)co2)C1. The third kappa shape index (κ3) is 5.03. The number of piperidine rings is 1. The number of nitrogens with zero attached hydrogens (tertiary/aromatic N) is 6. The number of carboxylic acid groups (broad SMARTS) is 1. The number of carbonyl (C=O) groups excluding carboxylic acids is 1. The van der Waals surface area contributed by atoms with Gasteiger partial charge in [0.05, 0.1) is 24.9 Å². The van der Waals surface area contributed by atoms with Crippen molar-refractivity contribution in [3.63, 3.8) is 0 Å². The van der Waals surface area contributed by atoms with Crippen LogP contribution in [-0.2, 0) is 4.74 Å². The van der Waals surface area contributed by atoms with Crippen molar-refractivity contribution in [2.24, 2.45) is 0 Å². The van der Waals surface area contributed by atoms with Crippen molar-refractivity contribution in [2.45, 2.75) is 31.7 Å². The summed E-state index contributed by atoms with van der Waals surface area (Å²) in [6.45, 7) is 5.27.